The predicted octanol–water partition coefficient (Wildman–Crippen LogP) is 1.07. The molecule has 4 nitrogen and oxygen atoms in total. The number of hydrogen-bond acceptors (Lipinski definition) is 2. The summed E-state index contributed by atoms with van der Waals surface area (Å²) in [7, 11) is -3.62. The maximum absolute atomic E-state index is 13.0. The molecule has 0 amide bonds. The maximum atomic E-state index is 13.0. The lowest BCUT2D eigenvalue weighted by atomic mass is 10.3. The summed E-state index contributed by atoms with van der Waals surface area (Å²) >= 11 is 5.59. The molecule has 1 aromatic rings. The van der Waals surface area contributed by atoms with Crippen molar-refractivity contribution in [1.82, 2.24) is 4.72 Å². The first kappa shape index (κ1) is 17.4. The topological polar surface area (TPSA) is 50.6 Å². The van der Waals surface area contributed by atoms with Gasteiger partial charge in [-0.1, -0.05) is 11.6 Å². The molecular formula is C13H21ClFN2O2S+. The van der Waals surface area contributed by atoms with Gasteiger partial charge in [-0.2, -0.15) is 0 Å². The molecule has 0 aromatic heterocycles. The molecule has 7 heteroatoms. The highest BCUT2D eigenvalue weighted by atomic mass is 35.5. The summed E-state index contributed by atoms with van der Waals surface area (Å²) in [6.45, 7) is 7.53. The molecule has 0 fully saturated rings. The van der Waals surface area contributed by atoms with Crippen LogP contribution in [0.5, 0.6) is 0 Å². The SMILES string of the molecule is CC[NH+](CC)CCCNS(=O)(=O)c1ccc(F)c(Cl)c1. The van der Waals surface area contributed by atoms with Crippen LogP contribution in [-0.4, -0.2) is 34.6 Å². The van der Waals surface area contributed by atoms with Crippen LogP contribution in [0.1, 0.15) is 20.3 Å². The molecule has 20 heavy (non-hydrogen) atoms. The number of halogens is 2. The number of sulfonamides is 1. The van der Waals surface area contributed by atoms with Crippen molar-refractivity contribution in [1.29, 1.82) is 0 Å². The predicted molar refractivity (Wildman–Crippen MR) is 78.1 cm³/mol. The Morgan fingerprint density at radius 1 is 1.30 bits per heavy atom. The molecule has 114 valence electrons. The summed E-state index contributed by atoms with van der Waals surface area (Å²) in [5, 5.41) is -0.194. The van der Waals surface area contributed by atoms with E-state index in [2.05, 4.69) is 18.6 Å². The van der Waals surface area contributed by atoms with Crippen LogP contribution in [-0.2, 0) is 10.0 Å². The fourth-order valence-corrected chi connectivity index (χ4v) is 3.22. The summed E-state index contributed by atoms with van der Waals surface area (Å²) in [6.07, 6.45) is 0.755. The number of nitrogens with one attached hydrogen (secondary N) is 2. The zero-order valence-corrected chi connectivity index (χ0v) is 13.3. The molecule has 0 saturated heterocycles. The van der Waals surface area contributed by atoms with Gasteiger partial charge in [0.15, 0.2) is 0 Å². The molecule has 0 heterocycles. The monoisotopic (exact) mass is 323 g/mol. The summed E-state index contributed by atoms with van der Waals surface area (Å²) in [5.41, 5.74) is 0. The third-order valence-corrected chi connectivity index (χ3v) is 4.95. The smallest absolute Gasteiger partial charge is 0.240 e. The van der Waals surface area contributed by atoms with Crippen LogP contribution in [0, 0.1) is 5.82 Å². The van der Waals surface area contributed by atoms with Crippen molar-refractivity contribution in [3.63, 3.8) is 0 Å². The molecule has 0 unspecified atom stereocenters. The van der Waals surface area contributed by atoms with Gasteiger partial charge in [0.05, 0.1) is 29.6 Å². The van der Waals surface area contributed by atoms with Gasteiger partial charge in [0.1, 0.15) is 5.82 Å². The normalized spacial score (nSPS) is 12.1. The van der Waals surface area contributed by atoms with E-state index in [-0.39, 0.29) is 9.92 Å². The van der Waals surface area contributed by atoms with Gasteiger partial charge in [0.25, 0.3) is 0 Å². The van der Waals surface area contributed by atoms with Crippen molar-refractivity contribution in [3.05, 3.63) is 29.0 Å². The Kier molecular flexibility index (Phi) is 6.88. The molecular weight excluding hydrogens is 303 g/mol. The molecule has 0 radical (unpaired) electrons. The van der Waals surface area contributed by atoms with E-state index < -0.39 is 15.8 Å². The molecule has 1 aromatic carbocycles. The third-order valence-electron chi connectivity index (χ3n) is 3.20. The minimum atomic E-state index is -3.62. The van der Waals surface area contributed by atoms with E-state index in [4.69, 9.17) is 11.6 Å². The lowest BCUT2D eigenvalue weighted by Crippen LogP contribution is -3.11. The second-order valence-corrected chi connectivity index (χ2v) is 6.71. The Morgan fingerprint density at radius 2 is 1.95 bits per heavy atom. The van der Waals surface area contributed by atoms with E-state index in [1.165, 1.54) is 11.0 Å². The Labute approximate surface area is 125 Å². The van der Waals surface area contributed by atoms with Crippen LogP contribution in [0.4, 0.5) is 4.39 Å². The van der Waals surface area contributed by atoms with E-state index >= 15 is 0 Å². The molecule has 0 saturated carbocycles. The van der Waals surface area contributed by atoms with Crippen LogP contribution < -0.4 is 9.62 Å². The number of quaternary nitrogens is 1. The van der Waals surface area contributed by atoms with E-state index in [1.54, 1.807) is 0 Å². The van der Waals surface area contributed by atoms with E-state index in [1.807, 2.05) is 0 Å². The van der Waals surface area contributed by atoms with Crippen LogP contribution in [0.2, 0.25) is 5.02 Å². The van der Waals surface area contributed by atoms with Gasteiger partial charge in [-0.25, -0.2) is 17.5 Å². The van der Waals surface area contributed by atoms with Gasteiger partial charge < -0.3 is 4.90 Å². The second kappa shape index (κ2) is 7.93. The standard InChI is InChI=1S/C13H20ClFN2O2S/c1-3-17(4-2)9-5-8-16-20(18,19)11-6-7-13(15)12(14)10-11/h6-7,10,16H,3-5,8-9H2,1-2H3/p+1. The molecule has 0 aliphatic carbocycles. The van der Waals surface area contributed by atoms with E-state index in [9.17, 15) is 12.8 Å². The Hall–Kier alpha value is -0.690. The Bertz CT molecular complexity index is 533. The summed E-state index contributed by atoms with van der Waals surface area (Å²) in [5.74, 6) is -0.629. The lowest BCUT2D eigenvalue weighted by Gasteiger charge is -2.15. The quantitative estimate of drug-likeness (QED) is 0.703. The van der Waals surface area contributed by atoms with Gasteiger partial charge in [-0.3, -0.25) is 0 Å². The van der Waals surface area contributed by atoms with E-state index in [0.29, 0.717) is 6.54 Å². The fraction of sp³-hybridized carbons (Fsp3) is 0.538. The van der Waals surface area contributed by atoms with Crippen LogP contribution in [0.3, 0.4) is 0 Å². The molecule has 0 bridgehead atoms. The van der Waals surface area contributed by atoms with Gasteiger partial charge in [-0.05, 0) is 32.0 Å². The highest BCUT2D eigenvalue weighted by molar-refractivity contribution is 7.89. The van der Waals surface area contributed by atoms with Gasteiger partial charge in [0, 0.05) is 13.0 Å². The first-order valence-corrected chi connectivity index (χ1v) is 8.55. The lowest BCUT2D eigenvalue weighted by molar-refractivity contribution is -0.896. The summed E-state index contributed by atoms with van der Waals surface area (Å²) in [6, 6.07) is 3.38. The minimum Gasteiger partial charge on any atom is -0.335 e. The van der Waals surface area contributed by atoms with Gasteiger partial charge in [-0.15, -0.1) is 0 Å². The van der Waals surface area contributed by atoms with Crippen LogP contribution >= 0.6 is 11.6 Å². The zero-order valence-electron chi connectivity index (χ0n) is 11.7. The van der Waals surface area contributed by atoms with Crippen molar-refractivity contribution in [3.8, 4) is 0 Å². The van der Waals surface area contributed by atoms with Crippen molar-refractivity contribution in [2.45, 2.75) is 25.2 Å². The molecule has 0 spiro atoms. The highest BCUT2D eigenvalue weighted by Crippen LogP contribution is 2.19. The number of rotatable bonds is 8. The summed E-state index contributed by atoms with van der Waals surface area (Å²) < 4.78 is 39.5. The van der Waals surface area contributed by atoms with Crippen molar-refractivity contribution in [2.75, 3.05) is 26.2 Å². The first-order valence-electron chi connectivity index (χ1n) is 6.69. The maximum Gasteiger partial charge on any atom is 0.240 e. The fourth-order valence-electron chi connectivity index (χ4n) is 1.88. The number of hydrogen-bond donors (Lipinski definition) is 2. The Morgan fingerprint density at radius 3 is 2.50 bits per heavy atom. The van der Waals surface area contributed by atoms with Crippen molar-refractivity contribution < 1.29 is 17.7 Å². The molecule has 0 atom stereocenters. The molecule has 0 aliphatic rings. The summed E-state index contributed by atoms with van der Waals surface area (Å²) in [4.78, 5) is 1.41. The van der Waals surface area contributed by atoms with Crippen LogP contribution in [0.15, 0.2) is 23.1 Å². The molecule has 1 rings (SSSR count). The first-order chi connectivity index (χ1) is 9.40. The van der Waals surface area contributed by atoms with Gasteiger partial charge >= 0.3 is 0 Å². The van der Waals surface area contributed by atoms with E-state index in [0.717, 1.165) is 38.2 Å². The third kappa shape index (κ3) is 5.01. The zero-order chi connectivity index (χ0) is 15.2. The van der Waals surface area contributed by atoms with Crippen molar-refractivity contribution >= 4 is 21.6 Å². The Balaban J connectivity index is 2.55. The van der Waals surface area contributed by atoms with Gasteiger partial charge in [0.2, 0.25) is 10.0 Å². The largest absolute Gasteiger partial charge is 0.335 e. The molecule has 0 aliphatic heterocycles. The van der Waals surface area contributed by atoms with Crippen LogP contribution in [0.25, 0.3) is 0 Å². The second-order valence-electron chi connectivity index (χ2n) is 4.53. The average molecular weight is 324 g/mol. The van der Waals surface area contributed by atoms with Crippen molar-refractivity contribution in [2.24, 2.45) is 0 Å². The average Bonchev–Trinajstić information content (AvgIpc) is 2.42. The minimum absolute atomic E-state index is 0.0147. The number of benzene rings is 1. The highest BCUT2D eigenvalue weighted by Gasteiger charge is 2.15. The molecule has 2 N–H and O–H groups in total.